The third kappa shape index (κ3) is 4.69. The molecule has 40 heavy (non-hydrogen) atoms. The molecule has 208 valence electrons. The summed E-state index contributed by atoms with van der Waals surface area (Å²) < 4.78 is 17.2. The zero-order chi connectivity index (χ0) is 27.3. The normalized spacial score (nSPS) is 22.4. The van der Waals surface area contributed by atoms with E-state index < -0.39 is 0 Å². The highest BCUT2D eigenvalue weighted by Crippen LogP contribution is 2.38. The van der Waals surface area contributed by atoms with Crippen LogP contribution in [0.4, 0.5) is 5.69 Å². The number of aryl methyl sites for hydroxylation is 1. The van der Waals surface area contributed by atoms with Gasteiger partial charge in [0.25, 0.3) is 5.91 Å². The Bertz CT molecular complexity index is 1500. The predicted octanol–water partition coefficient (Wildman–Crippen LogP) is 4.78. The van der Waals surface area contributed by atoms with Gasteiger partial charge in [-0.15, -0.1) is 0 Å². The first-order valence-electron chi connectivity index (χ1n) is 14.4. The number of carbonyl (C=O) groups excluding carboxylic acids is 1. The van der Waals surface area contributed by atoms with Crippen LogP contribution in [0.5, 0.6) is 17.2 Å². The first-order chi connectivity index (χ1) is 19.4. The van der Waals surface area contributed by atoms with E-state index in [4.69, 9.17) is 19.2 Å². The summed E-state index contributed by atoms with van der Waals surface area (Å²) in [6.07, 6.45) is 3.95. The van der Waals surface area contributed by atoms with E-state index in [1.165, 1.54) is 5.56 Å². The lowest BCUT2D eigenvalue weighted by molar-refractivity contribution is 0.0712. The van der Waals surface area contributed by atoms with E-state index in [1.807, 2.05) is 29.3 Å². The van der Waals surface area contributed by atoms with Crippen LogP contribution in [0.2, 0.25) is 0 Å². The Morgan fingerprint density at radius 3 is 2.62 bits per heavy atom. The molecule has 7 rings (SSSR count). The van der Waals surface area contributed by atoms with Crippen molar-refractivity contribution in [3.05, 3.63) is 59.2 Å². The zero-order valence-corrected chi connectivity index (χ0v) is 23.3. The minimum absolute atomic E-state index is 0.0865. The molecular formula is C32H36N4O4. The molecule has 4 heterocycles. The van der Waals surface area contributed by atoms with E-state index in [0.29, 0.717) is 19.0 Å². The summed E-state index contributed by atoms with van der Waals surface area (Å²) in [5.41, 5.74) is 3.50. The molecular weight excluding hydrogens is 504 g/mol. The summed E-state index contributed by atoms with van der Waals surface area (Å²) in [7, 11) is 0. The summed E-state index contributed by atoms with van der Waals surface area (Å²) in [5.74, 6) is 2.67. The SMILES string of the molecule is Cc1cc2cc3c(cc2cc1OCCN1CCN(Cc2ccc4c(c2)OCO4)CC1)N=C[C@]1(C)CCCN1C3=O. The number of hydrogen-bond acceptors (Lipinski definition) is 7. The van der Waals surface area contributed by atoms with Crippen molar-refractivity contribution in [1.82, 2.24) is 14.7 Å². The molecule has 0 unspecified atom stereocenters. The van der Waals surface area contributed by atoms with E-state index in [-0.39, 0.29) is 11.4 Å². The highest BCUT2D eigenvalue weighted by atomic mass is 16.7. The molecule has 0 aliphatic carbocycles. The van der Waals surface area contributed by atoms with Gasteiger partial charge in [-0.25, -0.2) is 0 Å². The number of fused-ring (bicyclic) bond motifs is 4. The van der Waals surface area contributed by atoms with Crippen molar-refractivity contribution in [2.75, 3.05) is 52.7 Å². The van der Waals surface area contributed by atoms with Gasteiger partial charge in [-0.2, -0.15) is 0 Å². The van der Waals surface area contributed by atoms with Crippen LogP contribution in [0.25, 0.3) is 10.8 Å². The minimum Gasteiger partial charge on any atom is -0.492 e. The third-order valence-corrected chi connectivity index (χ3v) is 8.86. The van der Waals surface area contributed by atoms with E-state index in [9.17, 15) is 4.79 Å². The van der Waals surface area contributed by atoms with Crippen LogP contribution in [-0.2, 0) is 6.54 Å². The van der Waals surface area contributed by atoms with Gasteiger partial charge in [0.05, 0.1) is 16.8 Å². The number of nitrogens with zero attached hydrogens (tertiary/aromatic N) is 4. The Morgan fingerprint density at radius 2 is 1.75 bits per heavy atom. The average Bonchev–Trinajstić information content (AvgIpc) is 3.56. The fourth-order valence-electron chi connectivity index (χ4n) is 6.42. The molecule has 0 radical (unpaired) electrons. The monoisotopic (exact) mass is 540 g/mol. The summed E-state index contributed by atoms with van der Waals surface area (Å²) in [6.45, 7) is 11.9. The Balaban J connectivity index is 0.964. The summed E-state index contributed by atoms with van der Waals surface area (Å²) in [6, 6.07) is 14.5. The Labute approximate surface area is 235 Å². The molecule has 0 bridgehead atoms. The number of carbonyl (C=O) groups is 1. The number of piperazine rings is 1. The Hall–Kier alpha value is -3.62. The molecule has 1 amide bonds. The number of rotatable bonds is 6. The molecule has 2 fully saturated rings. The van der Waals surface area contributed by atoms with Gasteiger partial charge < -0.3 is 19.1 Å². The second-order valence-electron chi connectivity index (χ2n) is 11.7. The maximum absolute atomic E-state index is 13.4. The van der Waals surface area contributed by atoms with Crippen LogP contribution in [0, 0.1) is 6.92 Å². The summed E-state index contributed by atoms with van der Waals surface area (Å²) in [4.78, 5) is 25.1. The molecule has 3 aromatic carbocycles. The number of ether oxygens (including phenoxy) is 3. The van der Waals surface area contributed by atoms with Crippen molar-refractivity contribution in [2.24, 2.45) is 4.99 Å². The topological polar surface area (TPSA) is 66.8 Å². The van der Waals surface area contributed by atoms with Gasteiger partial charge in [-0.1, -0.05) is 6.07 Å². The first kappa shape index (κ1) is 25.4. The van der Waals surface area contributed by atoms with Gasteiger partial charge >= 0.3 is 0 Å². The maximum Gasteiger partial charge on any atom is 0.256 e. The molecule has 8 nitrogen and oxygen atoms in total. The second kappa shape index (κ2) is 10.1. The van der Waals surface area contributed by atoms with Crippen LogP contribution in [-0.4, -0.2) is 85.0 Å². The lowest BCUT2D eigenvalue weighted by Crippen LogP contribution is -2.47. The van der Waals surface area contributed by atoms with Gasteiger partial charge in [-0.05, 0) is 85.0 Å². The molecule has 0 saturated carbocycles. The van der Waals surface area contributed by atoms with Gasteiger partial charge in [0.2, 0.25) is 6.79 Å². The number of benzene rings is 3. The van der Waals surface area contributed by atoms with Crippen molar-refractivity contribution < 1.29 is 19.0 Å². The van der Waals surface area contributed by atoms with Crippen molar-refractivity contribution in [1.29, 1.82) is 0 Å². The molecule has 0 spiro atoms. The van der Waals surface area contributed by atoms with Crippen LogP contribution in [0.3, 0.4) is 0 Å². The number of aliphatic imine (C=N–C) groups is 1. The van der Waals surface area contributed by atoms with E-state index in [2.05, 4.69) is 47.9 Å². The largest absolute Gasteiger partial charge is 0.492 e. The molecule has 4 aliphatic heterocycles. The quantitative estimate of drug-likeness (QED) is 0.448. The maximum atomic E-state index is 13.4. The second-order valence-corrected chi connectivity index (χ2v) is 11.7. The van der Waals surface area contributed by atoms with Crippen molar-refractivity contribution in [3.63, 3.8) is 0 Å². The van der Waals surface area contributed by atoms with Gasteiger partial charge in [0, 0.05) is 52.0 Å². The van der Waals surface area contributed by atoms with E-state index in [1.54, 1.807) is 0 Å². The van der Waals surface area contributed by atoms with Gasteiger partial charge in [-0.3, -0.25) is 19.6 Å². The molecule has 4 aliphatic rings. The fourth-order valence-corrected chi connectivity index (χ4v) is 6.42. The molecule has 8 heteroatoms. The van der Waals surface area contributed by atoms with Crippen LogP contribution in [0.1, 0.15) is 41.3 Å². The van der Waals surface area contributed by atoms with Crippen molar-refractivity contribution in [3.8, 4) is 17.2 Å². The molecule has 0 N–H and O–H groups in total. The van der Waals surface area contributed by atoms with Gasteiger partial charge in [0.15, 0.2) is 11.5 Å². The minimum atomic E-state index is -0.288. The van der Waals surface area contributed by atoms with Crippen molar-refractivity contribution in [2.45, 2.75) is 38.8 Å². The highest BCUT2D eigenvalue weighted by Gasteiger charge is 2.41. The van der Waals surface area contributed by atoms with Crippen LogP contribution < -0.4 is 14.2 Å². The molecule has 3 aromatic rings. The number of amides is 1. The smallest absolute Gasteiger partial charge is 0.256 e. The summed E-state index contributed by atoms with van der Waals surface area (Å²) >= 11 is 0. The van der Waals surface area contributed by atoms with Crippen LogP contribution >= 0.6 is 0 Å². The lowest BCUT2D eigenvalue weighted by Gasteiger charge is -2.34. The Morgan fingerprint density at radius 1 is 0.950 bits per heavy atom. The zero-order valence-electron chi connectivity index (χ0n) is 23.3. The van der Waals surface area contributed by atoms with E-state index in [0.717, 1.165) is 97.9 Å². The highest BCUT2D eigenvalue weighted by molar-refractivity contribution is 6.07. The first-order valence-corrected chi connectivity index (χ1v) is 14.4. The molecule has 0 aromatic heterocycles. The predicted molar refractivity (Wildman–Crippen MR) is 155 cm³/mol. The molecule has 1 atom stereocenters. The van der Waals surface area contributed by atoms with Crippen LogP contribution in [0.15, 0.2) is 47.5 Å². The summed E-state index contributed by atoms with van der Waals surface area (Å²) in [5, 5.41) is 2.10. The standard InChI is InChI=1S/C32H36N4O4/c1-22-14-24-16-26-27(33-20-32(2)6-3-7-36(32)31(26)37)17-25(24)18-29(22)38-13-12-34-8-10-35(11-9-34)19-23-4-5-28-30(15-23)40-21-39-28/h4-5,14-18,20H,3,6-13,19,21H2,1-2H3/t32-/m0/s1. The lowest BCUT2D eigenvalue weighted by atomic mass is 10.00. The number of hydrogen-bond donors (Lipinski definition) is 0. The fraction of sp³-hybridized carbons (Fsp3) is 0.438. The third-order valence-electron chi connectivity index (χ3n) is 8.86. The Kier molecular flexibility index (Phi) is 6.40. The molecule has 2 saturated heterocycles. The van der Waals surface area contributed by atoms with E-state index >= 15 is 0 Å². The van der Waals surface area contributed by atoms with Crippen molar-refractivity contribution >= 4 is 28.6 Å². The average molecular weight is 541 g/mol. The van der Waals surface area contributed by atoms with Gasteiger partial charge in [0.1, 0.15) is 12.4 Å².